The molecule has 3 rings (SSSR count). The lowest BCUT2D eigenvalue weighted by Crippen LogP contribution is -2.23. The Morgan fingerprint density at radius 1 is 1.17 bits per heavy atom. The summed E-state index contributed by atoms with van der Waals surface area (Å²) in [5.74, 6) is 1.30. The van der Waals surface area contributed by atoms with Crippen LogP contribution in [0.2, 0.25) is 0 Å². The molecule has 4 heteroatoms. The molecule has 4 nitrogen and oxygen atoms in total. The van der Waals surface area contributed by atoms with Gasteiger partial charge >= 0.3 is 0 Å². The van der Waals surface area contributed by atoms with Crippen LogP contribution in [0.15, 0.2) is 48.8 Å². The number of benzene rings is 2. The molecule has 1 N–H and O–H groups in total. The Morgan fingerprint density at radius 2 is 1.96 bits per heavy atom. The van der Waals surface area contributed by atoms with E-state index < -0.39 is 6.10 Å². The summed E-state index contributed by atoms with van der Waals surface area (Å²) < 4.78 is 7.83. The Balaban J connectivity index is 1.65. The van der Waals surface area contributed by atoms with Crippen LogP contribution < -0.4 is 4.74 Å². The number of aliphatic hydroxyl groups excluding tert-OH is 1. The summed E-state index contributed by atoms with van der Waals surface area (Å²) in [6, 6.07) is 14.2. The van der Waals surface area contributed by atoms with Crippen molar-refractivity contribution in [3.8, 4) is 5.75 Å². The van der Waals surface area contributed by atoms with Crippen molar-refractivity contribution < 1.29 is 9.84 Å². The summed E-state index contributed by atoms with van der Waals surface area (Å²) in [6.07, 6.45) is 1.17. The molecular weight excluding hydrogens is 300 g/mol. The predicted octanol–water partition coefficient (Wildman–Crippen LogP) is 3.91. The van der Waals surface area contributed by atoms with Crippen molar-refractivity contribution in [2.24, 2.45) is 0 Å². The maximum Gasteiger partial charge on any atom is 0.122 e. The van der Waals surface area contributed by atoms with Crippen LogP contribution >= 0.6 is 0 Å². The number of para-hydroxylation sites is 2. The number of rotatable bonds is 6. The van der Waals surface area contributed by atoms with Gasteiger partial charge in [-0.1, -0.05) is 38.1 Å². The zero-order valence-electron chi connectivity index (χ0n) is 14.4. The number of aryl methyl sites for hydroxylation is 1. The van der Waals surface area contributed by atoms with Crippen molar-refractivity contribution in [1.82, 2.24) is 9.55 Å². The number of ether oxygens (including phenoxy) is 1. The van der Waals surface area contributed by atoms with Crippen LogP contribution in [0.5, 0.6) is 5.75 Å². The molecule has 0 bridgehead atoms. The van der Waals surface area contributed by atoms with Crippen LogP contribution in [0.3, 0.4) is 0 Å². The van der Waals surface area contributed by atoms with E-state index in [1.807, 2.05) is 35.8 Å². The first-order chi connectivity index (χ1) is 11.5. The highest BCUT2D eigenvalue weighted by Gasteiger charge is 2.11. The molecule has 1 atom stereocenters. The standard InChI is InChI=1S/C20H24N2O2/c1-14(2)16-9-8-15(3)20(10-16)24-12-17(23)11-22-13-21-18-6-4-5-7-19(18)22/h4-10,13-14,17,23H,11-12H2,1-3H3. The highest BCUT2D eigenvalue weighted by Crippen LogP contribution is 2.24. The van der Waals surface area contributed by atoms with Crippen LogP contribution in [0.25, 0.3) is 11.0 Å². The molecule has 0 saturated carbocycles. The molecule has 0 radical (unpaired) electrons. The molecule has 126 valence electrons. The number of aromatic nitrogens is 2. The van der Waals surface area contributed by atoms with E-state index in [0.29, 0.717) is 12.5 Å². The third-order valence-electron chi connectivity index (χ3n) is 4.24. The van der Waals surface area contributed by atoms with Gasteiger partial charge in [0.25, 0.3) is 0 Å². The van der Waals surface area contributed by atoms with Crippen LogP contribution in [0, 0.1) is 6.92 Å². The van der Waals surface area contributed by atoms with Crippen LogP contribution in [-0.2, 0) is 6.54 Å². The maximum absolute atomic E-state index is 10.3. The quantitative estimate of drug-likeness (QED) is 0.748. The van der Waals surface area contributed by atoms with Crippen molar-refractivity contribution in [2.75, 3.05) is 6.61 Å². The zero-order valence-corrected chi connectivity index (χ0v) is 14.4. The van der Waals surface area contributed by atoms with Crippen LogP contribution in [0.4, 0.5) is 0 Å². The predicted molar refractivity (Wildman–Crippen MR) is 96.5 cm³/mol. The van der Waals surface area contributed by atoms with E-state index in [1.165, 1.54) is 5.56 Å². The third-order valence-corrected chi connectivity index (χ3v) is 4.24. The lowest BCUT2D eigenvalue weighted by atomic mass is 10.0. The Labute approximate surface area is 142 Å². The second kappa shape index (κ2) is 7.05. The van der Waals surface area contributed by atoms with Gasteiger partial charge < -0.3 is 14.4 Å². The molecular formula is C20H24N2O2. The molecule has 1 aromatic heterocycles. The van der Waals surface area contributed by atoms with E-state index in [0.717, 1.165) is 22.3 Å². The Morgan fingerprint density at radius 3 is 2.75 bits per heavy atom. The number of nitrogens with zero attached hydrogens (tertiary/aromatic N) is 2. The van der Waals surface area contributed by atoms with Crippen molar-refractivity contribution in [3.63, 3.8) is 0 Å². The summed E-state index contributed by atoms with van der Waals surface area (Å²) in [7, 11) is 0. The first-order valence-corrected chi connectivity index (χ1v) is 8.36. The minimum atomic E-state index is -0.593. The highest BCUT2D eigenvalue weighted by atomic mass is 16.5. The number of fused-ring (bicyclic) bond motifs is 1. The summed E-state index contributed by atoms with van der Waals surface area (Å²) in [4.78, 5) is 4.35. The molecule has 0 aliphatic heterocycles. The number of hydrogen-bond acceptors (Lipinski definition) is 3. The molecule has 3 aromatic rings. The minimum Gasteiger partial charge on any atom is -0.491 e. The van der Waals surface area contributed by atoms with Crippen LogP contribution in [0.1, 0.15) is 30.9 Å². The second-order valence-electron chi connectivity index (χ2n) is 6.53. The first kappa shape index (κ1) is 16.5. The fourth-order valence-electron chi connectivity index (χ4n) is 2.75. The SMILES string of the molecule is Cc1ccc(C(C)C)cc1OCC(O)Cn1cnc2ccccc21. The van der Waals surface area contributed by atoms with Crippen LogP contribution in [-0.4, -0.2) is 27.4 Å². The topological polar surface area (TPSA) is 47.3 Å². The smallest absolute Gasteiger partial charge is 0.122 e. The van der Waals surface area contributed by atoms with Crippen molar-refractivity contribution in [1.29, 1.82) is 0 Å². The van der Waals surface area contributed by atoms with Gasteiger partial charge in [-0.15, -0.1) is 0 Å². The zero-order chi connectivity index (χ0) is 17.1. The maximum atomic E-state index is 10.3. The average molecular weight is 324 g/mol. The van der Waals surface area contributed by atoms with Gasteiger partial charge in [0.1, 0.15) is 18.5 Å². The Kier molecular flexibility index (Phi) is 4.86. The van der Waals surface area contributed by atoms with E-state index in [4.69, 9.17) is 4.74 Å². The fourth-order valence-corrected chi connectivity index (χ4v) is 2.75. The van der Waals surface area contributed by atoms with E-state index in [1.54, 1.807) is 6.33 Å². The molecule has 2 aromatic carbocycles. The summed E-state index contributed by atoms with van der Waals surface area (Å²) >= 11 is 0. The van der Waals surface area contributed by atoms with Crippen molar-refractivity contribution >= 4 is 11.0 Å². The molecule has 0 spiro atoms. The fraction of sp³-hybridized carbons (Fsp3) is 0.350. The summed E-state index contributed by atoms with van der Waals surface area (Å²) in [5, 5.41) is 10.3. The van der Waals surface area contributed by atoms with E-state index in [-0.39, 0.29) is 6.61 Å². The van der Waals surface area contributed by atoms with Gasteiger partial charge in [-0.05, 0) is 42.2 Å². The van der Waals surface area contributed by atoms with Crippen molar-refractivity contribution in [3.05, 3.63) is 59.9 Å². The monoisotopic (exact) mass is 324 g/mol. The number of aliphatic hydroxyl groups is 1. The summed E-state index contributed by atoms with van der Waals surface area (Å²) in [6.45, 7) is 7.06. The Hall–Kier alpha value is -2.33. The van der Waals surface area contributed by atoms with Gasteiger partial charge in [0.2, 0.25) is 0 Å². The van der Waals surface area contributed by atoms with Gasteiger partial charge in [0.15, 0.2) is 0 Å². The molecule has 0 amide bonds. The first-order valence-electron chi connectivity index (χ1n) is 8.36. The van der Waals surface area contributed by atoms with Crippen molar-refractivity contribution in [2.45, 2.75) is 39.3 Å². The third kappa shape index (κ3) is 3.60. The van der Waals surface area contributed by atoms with Gasteiger partial charge in [0.05, 0.1) is 23.9 Å². The average Bonchev–Trinajstić information content (AvgIpc) is 2.97. The number of imidazole rings is 1. The van der Waals surface area contributed by atoms with E-state index in [9.17, 15) is 5.11 Å². The van der Waals surface area contributed by atoms with Gasteiger partial charge in [-0.2, -0.15) is 0 Å². The molecule has 0 fully saturated rings. The molecule has 24 heavy (non-hydrogen) atoms. The minimum absolute atomic E-state index is 0.259. The van der Waals surface area contributed by atoms with E-state index in [2.05, 4.69) is 37.0 Å². The number of hydrogen-bond donors (Lipinski definition) is 1. The molecule has 1 unspecified atom stereocenters. The van der Waals surface area contributed by atoms with Gasteiger partial charge in [-0.25, -0.2) is 4.98 Å². The largest absolute Gasteiger partial charge is 0.491 e. The second-order valence-corrected chi connectivity index (χ2v) is 6.53. The van der Waals surface area contributed by atoms with Gasteiger partial charge in [-0.3, -0.25) is 0 Å². The Bertz CT molecular complexity index is 823. The van der Waals surface area contributed by atoms with E-state index >= 15 is 0 Å². The molecule has 0 aliphatic carbocycles. The summed E-state index contributed by atoms with van der Waals surface area (Å²) in [5.41, 5.74) is 4.28. The normalized spacial score (nSPS) is 12.7. The highest BCUT2D eigenvalue weighted by molar-refractivity contribution is 5.74. The van der Waals surface area contributed by atoms with Gasteiger partial charge in [0, 0.05) is 0 Å². The lowest BCUT2D eigenvalue weighted by molar-refractivity contribution is 0.0930. The molecule has 0 aliphatic rings. The molecule has 1 heterocycles. The lowest BCUT2D eigenvalue weighted by Gasteiger charge is -2.16. The molecule has 0 saturated heterocycles.